The Bertz CT molecular complexity index is 168. The minimum atomic E-state index is 0.773. The molecule has 0 atom stereocenters. The van der Waals surface area contributed by atoms with Crippen LogP contribution in [-0.4, -0.2) is 4.62 Å². The molecular formula is C7H10BrN. The Morgan fingerprint density at radius 1 is 1.33 bits per heavy atom. The molecule has 0 radical (unpaired) electrons. The van der Waals surface area contributed by atoms with E-state index in [-0.39, 0.29) is 0 Å². The average molecular weight is 188 g/mol. The molecule has 0 heterocycles. The van der Waals surface area contributed by atoms with Gasteiger partial charge in [-0.3, -0.25) is 0 Å². The van der Waals surface area contributed by atoms with E-state index in [4.69, 9.17) is 0 Å². The zero-order valence-electron chi connectivity index (χ0n) is 5.74. The van der Waals surface area contributed by atoms with Gasteiger partial charge in [0.1, 0.15) is 4.62 Å². The van der Waals surface area contributed by atoms with E-state index in [9.17, 15) is 0 Å². The lowest BCUT2D eigenvalue weighted by Gasteiger charge is -1.93. The summed E-state index contributed by atoms with van der Waals surface area (Å²) in [5, 5.41) is 0. The summed E-state index contributed by atoms with van der Waals surface area (Å²) in [5.41, 5.74) is 1.70. The normalized spacial score (nSPS) is 11.2. The van der Waals surface area contributed by atoms with Gasteiger partial charge in [-0.2, -0.15) is 0 Å². The minimum Gasteiger partial charge on any atom is -0.247 e. The lowest BCUT2D eigenvalue weighted by Crippen LogP contribution is -1.85. The van der Waals surface area contributed by atoms with Crippen LogP contribution in [0.1, 0.15) is 13.8 Å². The van der Waals surface area contributed by atoms with Crippen molar-refractivity contribution in [1.82, 2.24) is 0 Å². The fourth-order valence-corrected chi connectivity index (χ4v) is 0.566. The van der Waals surface area contributed by atoms with Crippen LogP contribution in [0.2, 0.25) is 0 Å². The molecule has 0 aliphatic carbocycles. The Morgan fingerprint density at radius 3 is 1.89 bits per heavy atom. The highest BCUT2D eigenvalue weighted by atomic mass is 79.9. The molecular weight excluding hydrogens is 178 g/mol. The van der Waals surface area contributed by atoms with Crippen molar-refractivity contribution in [3.8, 4) is 0 Å². The summed E-state index contributed by atoms with van der Waals surface area (Å²) in [6, 6.07) is 0. The van der Waals surface area contributed by atoms with Gasteiger partial charge in [0.05, 0.1) is 0 Å². The summed E-state index contributed by atoms with van der Waals surface area (Å²) in [7, 11) is 0. The molecule has 0 aromatic carbocycles. The highest BCUT2D eigenvalue weighted by molar-refractivity contribution is 9.18. The molecule has 9 heavy (non-hydrogen) atoms. The maximum atomic E-state index is 4.02. The van der Waals surface area contributed by atoms with Gasteiger partial charge in [-0.1, -0.05) is 13.2 Å². The maximum absolute atomic E-state index is 4.02. The van der Waals surface area contributed by atoms with Crippen molar-refractivity contribution in [3.05, 3.63) is 24.4 Å². The number of allylic oxidation sites excluding steroid dienone is 2. The quantitative estimate of drug-likeness (QED) is 0.590. The van der Waals surface area contributed by atoms with Crippen LogP contribution in [0.4, 0.5) is 0 Å². The highest BCUT2D eigenvalue weighted by Crippen LogP contribution is 2.04. The number of rotatable bonds is 2. The first kappa shape index (κ1) is 8.63. The molecule has 1 nitrogen and oxygen atoms in total. The number of nitrogens with zero attached hydrogens (tertiary/aromatic N) is 1. The number of hydrogen-bond donors (Lipinski definition) is 0. The predicted octanol–water partition coefficient (Wildman–Crippen LogP) is 2.89. The molecule has 0 bridgehead atoms. The summed E-state index contributed by atoms with van der Waals surface area (Å²) in [5.74, 6) is 0. The van der Waals surface area contributed by atoms with Crippen LogP contribution >= 0.6 is 15.9 Å². The fraction of sp³-hybridized carbons (Fsp3) is 0.286. The zero-order valence-corrected chi connectivity index (χ0v) is 7.33. The number of halogens is 1. The summed E-state index contributed by atoms with van der Waals surface area (Å²) >= 11 is 3.23. The van der Waals surface area contributed by atoms with Gasteiger partial charge >= 0.3 is 0 Å². The molecule has 0 N–H and O–H groups in total. The van der Waals surface area contributed by atoms with Gasteiger partial charge < -0.3 is 0 Å². The van der Waals surface area contributed by atoms with Crippen molar-refractivity contribution in [2.45, 2.75) is 13.8 Å². The van der Waals surface area contributed by atoms with E-state index in [1.165, 1.54) is 0 Å². The van der Waals surface area contributed by atoms with Crippen LogP contribution in [0.25, 0.3) is 0 Å². The van der Waals surface area contributed by atoms with Crippen molar-refractivity contribution in [2.24, 2.45) is 4.99 Å². The maximum Gasteiger partial charge on any atom is 0.108 e. The largest absolute Gasteiger partial charge is 0.247 e. The van der Waals surface area contributed by atoms with Crippen molar-refractivity contribution in [1.29, 1.82) is 0 Å². The number of hydrogen-bond acceptors (Lipinski definition) is 1. The molecule has 0 spiro atoms. The molecule has 0 aliphatic rings. The van der Waals surface area contributed by atoms with Gasteiger partial charge in [-0.15, -0.1) is 0 Å². The first-order valence-corrected chi connectivity index (χ1v) is 3.39. The van der Waals surface area contributed by atoms with E-state index in [0.717, 1.165) is 15.9 Å². The molecule has 0 rings (SSSR count). The van der Waals surface area contributed by atoms with E-state index in [0.29, 0.717) is 0 Å². The lowest BCUT2D eigenvalue weighted by atomic mass is 10.4. The third-order valence-electron chi connectivity index (χ3n) is 0.641. The van der Waals surface area contributed by atoms with Gasteiger partial charge in [0.2, 0.25) is 0 Å². The summed E-state index contributed by atoms with van der Waals surface area (Å²) in [6.07, 6.45) is 0. The van der Waals surface area contributed by atoms with Gasteiger partial charge in [0.25, 0.3) is 0 Å². The SMILES string of the molecule is C=C(C)N=C(Br)C(=C)C. The Labute approximate surface area is 64.3 Å². The average Bonchev–Trinajstić information content (AvgIpc) is 1.63. The molecule has 2 heteroatoms. The second-order valence-electron chi connectivity index (χ2n) is 1.92. The van der Waals surface area contributed by atoms with E-state index in [1.54, 1.807) is 0 Å². The molecule has 0 aliphatic heterocycles. The monoisotopic (exact) mass is 187 g/mol. The zero-order chi connectivity index (χ0) is 7.44. The fourth-order valence-electron chi connectivity index (χ4n) is 0.263. The van der Waals surface area contributed by atoms with E-state index in [2.05, 4.69) is 34.1 Å². The van der Waals surface area contributed by atoms with Gasteiger partial charge in [0, 0.05) is 5.70 Å². The number of aliphatic imine (C=N–C) groups is 1. The molecule has 0 saturated carbocycles. The minimum absolute atomic E-state index is 0.773. The molecule has 0 amide bonds. The second kappa shape index (κ2) is 3.62. The molecule has 0 aromatic rings. The first-order valence-electron chi connectivity index (χ1n) is 2.59. The summed E-state index contributed by atoms with van der Waals surface area (Å²) in [6.45, 7) is 11.0. The van der Waals surface area contributed by atoms with Gasteiger partial charge in [0.15, 0.2) is 0 Å². The summed E-state index contributed by atoms with van der Waals surface area (Å²) < 4.78 is 0.773. The van der Waals surface area contributed by atoms with Crippen LogP contribution in [-0.2, 0) is 0 Å². The van der Waals surface area contributed by atoms with Crippen LogP contribution in [0.5, 0.6) is 0 Å². The second-order valence-corrected chi connectivity index (χ2v) is 2.67. The van der Waals surface area contributed by atoms with Crippen molar-refractivity contribution >= 4 is 20.6 Å². The van der Waals surface area contributed by atoms with Crippen LogP contribution in [0.15, 0.2) is 29.4 Å². The van der Waals surface area contributed by atoms with Gasteiger partial charge in [-0.25, -0.2) is 4.99 Å². The van der Waals surface area contributed by atoms with Crippen molar-refractivity contribution in [2.75, 3.05) is 0 Å². The Hall–Kier alpha value is -0.370. The molecule has 0 unspecified atom stereocenters. The van der Waals surface area contributed by atoms with Crippen molar-refractivity contribution < 1.29 is 0 Å². The predicted molar refractivity (Wildman–Crippen MR) is 46.0 cm³/mol. The Kier molecular flexibility index (Phi) is 3.47. The topological polar surface area (TPSA) is 12.4 Å². The smallest absolute Gasteiger partial charge is 0.108 e. The standard InChI is InChI=1S/C7H10BrN/c1-5(2)7(8)9-6(3)4/h1,3H2,2,4H3. The van der Waals surface area contributed by atoms with Crippen LogP contribution in [0, 0.1) is 0 Å². The van der Waals surface area contributed by atoms with Crippen LogP contribution in [0.3, 0.4) is 0 Å². The molecule has 0 saturated heterocycles. The molecule has 0 aromatic heterocycles. The first-order chi connectivity index (χ1) is 4.04. The van der Waals surface area contributed by atoms with Crippen LogP contribution < -0.4 is 0 Å². The third kappa shape index (κ3) is 4.15. The van der Waals surface area contributed by atoms with Crippen molar-refractivity contribution in [3.63, 3.8) is 0 Å². The lowest BCUT2D eigenvalue weighted by molar-refractivity contribution is 1.33. The molecule has 0 fully saturated rings. The highest BCUT2D eigenvalue weighted by Gasteiger charge is 1.90. The Morgan fingerprint density at radius 2 is 1.78 bits per heavy atom. The third-order valence-corrected chi connectivity index (χ3v) is 1.50. The van der Waals surface area contributed by atoms with E-state index in [1.807, 2.05) is 13.8 Å². The molecule has 50 valence electrons. The summed E-state index contributed by atoms with van der Waals surface area (Å²) in [4.78, 5) is 4.02. The van der Waals surface area contributed by atoms with Gasteiger partial charge in [-0.05, 0) is 35.4 Å². The van der Waals surface area contributed by atoms with E-state index >= 15 is 0 Å². The van der Waals surface area contributed by atoms with E-state index < -0.39 is 0 Å². The Balaban J connectivity index is 4.17.